The van der Waals surface area contributed by atoms with Crippen molar-refractivity contribution < 1.29 is 28.3 Å². The van der Waals surface area contributed by atoms with Crippen molar-refractivity contribution in [3.05, 3.63) is 94.3 Å². The van der Waals surface area contributed by atoms with Gasteiger partial charge in [-0.2, -0.15) is 0 Å². The van der Waals surface area contributed by atoms with Gasteiger partial charge in [-0.05, 0) is 77.6 Å². The van der Waals surface area contributed by atoms with Gasteiger partial charge in [0.15, 0.2) is 6.29 Å². The maximum absolute atomic E-state index is 13.7. The largest absolute Gasteiger partial charge is 0.492 e. The Kier molecular flexibility index (Phi) is 18.0. The van der Waals surface area contributed by atoms with E-state index in [0.717, 1.165) is 59.7 Å². The summed E-state index contributed by atoms with van der Waals surface area (Å²) in [6.45, 7) is 14.7. The number of likely N-dealkylation sites (N-methyl/N-ethyl adjacent to an activating group) is 2. The Labute approximate surface area is 315 Å². The van der Waals surface area contributed by atoms with Crippen molar-refractivity contribution in [2.45, 2.75) is 73.8 Å². The first kappa shape index (κ1) is 44.3. The highest BCUT2D eigenvalue weighted by Gasteiger charge is 2.28. The monoisotopic (exact) mass is 731 g/mol. The second kappa shape index (κ2) is 21.6. The van der Waals surface area contributed by atoms with Crippen LogP contribution in [-0.4, -0.2) is 80.9 Å². The van der Waals surface area contributed by atoms with Gasteiger partial charge in [0, 0.05) is 63.9 Å². The molecule has 11 heteroatoms. The fraction of sp³-hybridized carbons (Fsp3) is 0.452. The smallest absolute Gasteiger partial charge is 0.222 e. The van der Waals surface area contributed by atoms with Crippen molar-refractivity contribution in [3.63, 3.8) is 0 Å². The van der Waals surface area contributed by atoms with Gasteiger partial charge in [-0.25, -0.2) is 4.39 Å². The number of ether oxygens (including phenoxy) is 1. The summed E-state index contributed by atoms with van der Waals surface area (Å²) in [7, 11) is 3.46. The highest BCUT2D eigenvalue weighted by molar-refractivity contribution is 5.80. The van der Waals surface area contributed by atoms with Gasteiger partial charge < -0.3 is 25.6 Å². The van der Waals surface area contributed by atoms with Crippen molar-refractivity contribution in [2.75, 3.05) is 45.7 Å². The second-order valence-electron chi connectivity index (χ2n) is 15.2. The van der Waals surface area contributed by atoms with Gasteiger partial charge in [0.2, 0.25) is 11.8 Å². The Morgan fingerprint density at radius 3 is 2.02 bits per heavy atom. The van der Waals surface area contributed by atoms with E-state index in [1.165, 1.54) is 12.1 Å². The van der Waals surface area contributed by atoms with Gasteiger partial charge in [-0.1, -0.05) is 58.9 Å². The third-order valence-corrected chi connectivity index (χ3v) is 8.61. The second-order valence-corrected chi connectivity index (χ2v) is 15.2. The fourth-order valence-corrected chi connectivity index (χ4v) is 4.99. The maximum atomic E-state index is 13.7. The zero-order valence-electron chi connectivity index (χ0n) is 32.7. The van der Waals surface area contributed by atoms with E-state index in [9.17, 15) is 23.6 Å². The lowest BCUT2D eigenvalue weighted by molar-refractivity contribution is -0.135. The summed E-state index contributed by atoms with van der Waals surface area (Å²) in [5, 5.41) is 3.20. The predicted octanol–water partition coefficient (Wildman–Crippen LogP) is 7.13. The third kappa shape index (κ3) is 17.0. The van der Waals surface area contributed by atoms with E-state index in [1.54, 1.807) is 30.2 Å². The molecule has 3 rings (SSSR count). The summed E-state index contributed by atoms with van der Waals surface area (Å²) in [5.41, 5.74) is 9.94. The minimum atomic E-state index is -0.651. The fourth-order valence-electron chi connectivity index (χ4n) is 4.99. The van der Waals surface area contributed by atoms with E-state index >= 15 is 0 Å². The summed E-state index contributed by atoms with van der Waals surface area (Å²) in [6.07, 6.45) is 5.26. The van der Waals surface area contributed by atoms with Crippen molar-refractivity contribution in [2.24, 2.45) is 21.6 Å². The number of nitrogens with two attached hydrogens (primary N) is 1. The lowest BCUT2D eigenvalue weighted by Gasteiger charge is -2.28. The minimum absolute atomic E-state index is 0.00987. The van der Waals surface area contributed by atoms with E-state index in [4.69, 9.17) is 10.5 Å². The third-order valence-electron chi connectivity index (χ3n) is 8.61. The molecule has 0 heterocycles. The van der Waals surface area contributed by atoms with E-state index in [2.05, 4.69) is 31.1 Å². The predicted molar refractivity (Wildman–Crippen MR) is 211 cm³/mol. The van der Waals surface area contributed by atoms with Crippen LogP contribution in [0, 0.1) is 23.6 Å². The van der Waals surface area contributed by atoms with Crippen LogP contribution in [0.4, 0.5) is 10.1 Å². The van der Waals surface area contributed by atoms with E-state index in [1.807, 2.05) is 63.2 Å². The minimum Gasteiger partial charge on any atom is -0.492 e. The van der Waals surface area contributed by atoms with Crippen LogP contribution in [0.1, 0.15) is 91.3 Å². The SMILES string of the molecule is CN(CCOc1ccc(C=O)c(F)c1)C(=O)CC(C)(C)CC(=O)N(C)CCc1ccc(NC=NCCC(C)(C)C)cc1.Cc1ccc(CN)cc1C=O. The number of nitrogens with one attached hydrogen (secondary N) is 1. The number of nitrogens with zero attached hydrogens (tertiary/aromatic N) is 3. The number of aldehydes is 2. The Hall–Kier alpha value is -4.90. The number of carbonyl (C=O) groups is 4. The quantitative estimate of drug-likeness (QED) is 0.0808. The highest BCUT2D eigenvalue weighted by atomic mass is 19.1. The van der Waals surface area contributed by atoms with Crippen LogP contribution in [0.15, 0.2) is 65.7 Å². The van der Waals surface area contributed by atoms with E-state index in [0.29, 0.717) is 25.9 Å². The van der Waals surface area contributed by atoms with Crippen LogP contribution in [-0.2, 0) is 22.6 Å². The number of amides is 2. The normalized spacial score (nSPS) is 11.4. The average Bonchev–Trinajstić information content (AvgIpc) is 3.10. The zero-order valence-corrected chi connectivity index (χ0v) is 32.7. The van der Waals surface area contributed by atoms with Gasteiger partial charge in [0.25, 0.3) is 0 Å². The first-order valence-corrected chi connectivity index (χ1v) is 17.9. The maximum Gasteiger partial charge on any atom is 0.222 e. The molecule has 0 bridgehead atoms. The van der Waals surface area contributed by atoms with Gasteiger partial charge >= 0.3 is 0 Å². The Balaban J connectivity index is 0.000000751. The molecule has 2 amide bonds. The lowest BCUT2D eigenvalue weighted by Crippen LogP contribution is -2.37. The van der Waals surface area contributed by atoms with Gasteiger partial charge in [-0.3, -0.25) is 24.2 Å². The molecule has 53 heavy (non-hydrogen) atoms. The molecule has 3 aromatic carbocycles. The molecule has 0 aliphatic rings. The van der Waals surface area contributed by atoms with E-state index in [-0.39, 0.29) is 48.0 Å². The van der Waals surface area contributed by atoms with Gasteiger partial charge in [0.05, 0.1) is 18.4 Å². The molecule has 0 saturated heterocycles. The molecule has 3 N–H and O–H groups in total. The van der Waals surface area contributed by atoms with Crippen molar-refractivity contribution >= 4 is 36.4 Å². The average molecular weight is 732 g/mol. The standard InChI is InChI=1S/C33H47FN4O4.C9H11NO/c1-32(2,3)15-16-35-24-36-27-11-8-25(9-12-27)14-17-37(6)30(40)21-33(4,5)22-31(41)38(7)18-19-42-28-13-10-26(23-39)29(34)20-28;1-7-2-3-8(5-10)4-9(7)6-11/h8-13,20,23-24H,14-19,21-22H2,1-7H3,(H,35,36);2-4,6H,5,10H2,1H3. The number of aliphatic imine (C=N–C) groups is 1. The number of anilines is 1. The summed E-state index contributed by atoms with van der Waals surface area (Å²) >= 11 is 0. The van der Waals surface area contributed by atoms with Crippen molar-refractivity contribution in [1.82, 2.24) is 9.80 Å². The molecule has 0 fully saturated rings. The summed E-state index contributed by atoms with van der Waals surface area (Å²) in [6, 6.07) is 17.8. The van der Waals surface area contributed by atoms with Crippen LogP contribution in [0.2, 0.25) is 0 Å². The number of hydrogen-bond acceptors (Lipinski definition) is 7. The molecule has 3 aromatic rings. The Morgan fingerprint density at radius 2 is 1.45 bits per heavy atom. The highest BCUT2D eigenvalue weighted by Crippen LogP contribution is 2.27. The van der Waals surface area contributed by atoms with Crippen LogP contribution in [0.5, 0.6) is 5.75 Å². The number of rotatable bonds is 18. The number of benzene rings is 3. The molecular formula is C42H58FN5O5. The summed E-state index contributed by atoms with van der Waals surface area (Å²) in [5.74, 6) is -0.474. The van der Waals surface area contributed by atoms with Crippen LogP contribution in [0.25, 0.3) is 0 Å². The van der Waals surface area contributed by atoms with Crippen LogP contribution >= 0.6 is 0 Å². The first-order chi connectivity index (χ1) is 25.0. The number of halogens is 1. The molecule has 10 nitrogen and oxygen atoms in total. The molecular weight excluding hydrogens is 673 g/mol. The summed E-state index contributed by atoms with van der Waals surface area (Å²) in [4.78, 5) is 54.6. The summed E-state index contributed by atoms with van der Waals surface area (Å²) < 4.78 is 19.3. The molecule has 0 saturated carbocycles. The molecule has 0 radical (unpaired) electrons. The van der Waals surface area contributed by atoms with Crippen LogP contribution in [0.3, 0.4) is 0 Å². The number of aryl methyl sites for hydroxylation is 1. The molecule has 0 aliphatic carbocycles. The van der Waals surface area contributed by atoms with Crippen LogP contribution < -0.4 is 15.8 Å². The number of hydrogen-bond donors (Lipinski definition) is 2. The molecule has 0 atom stereocenters. The Morgan fingerprint density at radius 1 is 0.849 bits per heavy atom. The Bertz CT molecular complexity index is 1670. The van der Waals surface area contributed by atoms with Crippen molar-refractivity contribution in [1.29, 1.82) is 0 Å². The number of carbonyl (C=O) groups excluding carboxylic acids is 4. The van der Waals surface area contributed by atoms with Crippen molar-refractivity contribution in [3.8, 4) is 5.75 Å². The molecule has 0 unspecified atom stereocenters. The molecule has 0 aliphatic heterocycles. The van der Waals surface area contributed by atoms with E-state index < -0.39 is 11.2 Å². The van der Waals surface area contributed by atoms with Gasteiger partial charge in [-0.15, -0.1) is 0 Å². The first-order valence-electron chi connectivity index (χ1n) is 17.9. The topological polar surface area (TPSA) is 134 Å². The molecule has 288 valence electrons. The zero-order chi connectivity index (χ0) is 39.6. The van der Waals surface area contributed by atoms with Gasteiger partial charge in [0.1, 0.15) is 24.5 Å². The molecule has 0 aromatic heterocycles. The molecule has 0 spiro atoms. The lowest BCUT2D eigenvalue weighted by atomic mass is 9.84.